The normalized spacial score (nSPS) is 16.1. The lowest BCUT2D eigenvalue weighted by molar-refractivity contribution is -0.138. The summed E-state index contributed by atoms with van der Waals surface area (Å²) in [5.74, 6) is 0.0824. The number of hydrogen-bond donors (Lipinski definition) is 2. The quantitative estimate of drug-likeness (QED) is 0.628. The molecule has 1 atom stereocenters. The second-order valence-corrected chi connectivity index (χ2v) is 6.81. The molecular weight excluding hydrogens is 380 g/mol. The Kier molecular flexibility index (Phi) is 5.39. The molecule has 0 spiro atoms. The maximum absolute atomic E-state index is 13.1. The molecule has 0 bridgehead atoms. The van der Waals surface area contributed by atoms with Crippen molar-refractivity contribution in [1.82, 2.24) is 10.6 Å². The Balaban J connectivity index is 2.02. The molecule has 2 amide bonds. The van der Waals surface area contributed by atoms with Gasteiger partial charge in [0.2, 0.25) is 0 Å². The van der Waals surface area contributed by atoms with E-state index in [-0.39, 0.29) is 6.61 Å². The van der Waals surface area contributed by atoms with E-state index in [1.54, 1.807) is 14.0 Å². The highest BCUT2D eigenvalue weighted by Gasteiger charge is 2.36. The van der Waals surface area contributed by atoms with Gasteiger partial charge in [0, 0.05) is 5.56 Å². The van der Waals surface area contributed by atoms with Gasteiger partial charge >= 0.3 is 12.0 Å². The Labute approximate surface area is 174 Å². The minimum atomic E-state index is -0.742. The monoisotopic (exact) mass is 402 g/mol. The number of methoxy groups -OCH3 is 1. The average Bonchev–Trinajstić information content (AvgIpc) is 2.78. The summed E-state index contributed by atoms with van der Waals surface area (Å²) in [5, 5.41) is 7.56. The van der Waals surface area contributed by atoms with Crippen LogP contribution >= 0.6 is 0 Å². The van der Waals surface area contributed by atoms with Gasteiger partial charge in [-0.1, -0.05) is 60.7 Å². The SMILES string of the molecule is CCOC(=O)C1=C(c2ccccc2)NC(=O)NC1c1c(OC)ccc2ccccc12. The second-order valence-electron chi connectivity index (χ2n) is 6.81. The van der Waals surface area contributed by atoms with E-state index < -0.39 is 18.0 Å². The fourth-order valence-electron chi connectivity index (χ4n) is 3.79. The maximum atomic E-state index is 13.1. The molecule has 6 nitrogen and oxygen atoms in total. The third kappa shape index (κ3) is 3.48. The molecule has 1 unspecified atom stereocenters. The van der Waals surface area contributed by atoms with Crippen molar-refractivity contribution in [3.8, 4) is 5.75 Å². The Morgan fingerprint density at radius 2 is 1.73 bits per heavy atom. The Hall–Kier alpha value is -3.80. The number of benzene rings is 3. The fraction of sp³-hybridized carbons (Fsp3) is 0.167. The van der Waals surface area contributed by atoms with Crippen molar-refractivity contribution in [2.45, 2.75) is 13.0 Å². The summed E-state index contributed by atoms with van der Waals surface area (Å²) in [6.45, 7) is 1.97. The number of carbonyl (C=O) groups is 2. The Bertz CT molecular complexity index is 1140. The number of amides is 2. The molecule has 1 aliphatic rings. The number of esters is 1. The number of ether oxygens (including phenoxy) is 2. The van der Waals surface area contributed by atoms with Crippen LogP contribution in [0.15, 0.2) is 72.3 Å². The standard InChI is InChI=1S/C24H22N2O4/c1-3-30-23(27)20-21(16-10-5-4-6-11-16)25-24(28)26-22(20)19-17-12-8-7-9-15(17)13-14-18(19)29-2/h4-14,22H,3H2,1-2H3,(H2,25,26,28). The molecule has 152 valence electrons. The topological polar surface area (TPSA) is 76.7 Å². The van der Waals surface area contributed by atoms with Gasteiger partial charge in [0.05, 0.1) is 31.0 Å². The van der Waals surface area contributed by atoms with Crippen LogP contribution in [0.1, 0.15) is 24.1 Å². The molecule has 30 heavy (non-hydrogen) atoms. The van der Waals surface area contributed by atoms with Gasteiger partial charge in [-0.3, -0.25) is 0 Å². The smallest absolute Gasteiger partial charge is 0.338 e. The molecule has 1 aliphatic heterocycles. The Morgan fingerprint density at radius 1 is 1.00 bits per heavy atom. The van der Waals surface area contributed by atoms with Crippen LogP contribution in [0.2, 0.25) is 0 Å². The predicted octanol–water partition coefficient (Wildman–Crippen LogP) is 4.18. The molecule has 0 aromatic heterocycles. The van der Waals surface area contributed by atoms with Crippen molar-refractivity contribution in [3.05, 3.63) is 83.4 Å². The van der Waals surface area contributed by atoms with Crippen LogP contribution < -0.4 is 15.4 Å². The van der Waals surface area contributed by atoms with Crippen LogP contribution in [0.4, 0.5) is 4.79 Å². The maximum Gasteiger partial charge on any atom is 0.338 e. The predicted molar refractivity (Wildman–Crippen MR) is 115 cm³/mol. The van der Waals surface area contributed by atoms with Crippen molar-refractivity contribution >= 4 is 28.5 Å². The number of urea groups is 1. The third-order valence-corrected chi connectivity index (χ3v) is 5.07. The summed E-state index contributed by atoms with van der Waals surface area (Å²) >= 11 is 0. The third-order valence-electron chi connectivity index (χ3n) is 5.07. The van der Waals surface area contributed by atoms with Crippen molar-refractivity contribution in [3.63, 3.8) is 0 Å². The van der Waals surface area contributed by atoms with Crippen LogP contribution in [0.3, 0.4) is 0 Å². The molecule has 0 aliphatic carbocycles. The van der Waals surface area contributed by atoms with Crippen LogP contribution in [-0.4, -0.2) is 25.7 Å². The van der Waals surface area contributed by atoms with Gasteiger partial charge in [0.1, 0.15) is 5.75 Å². The zero-order valence-electron chi connectivity index (χ0n) is 16.8. The Morgan fingerprint density at radius 3 is 2.47 bits per heavy atom. The largest absolute Gasteiger partial charge is 0.496 e. The van der Waals surface area contributed by atoms with Gasteiger partial charge in [-0.15, -0.1) is 0 Å². The summed E-state index contributed by atoms with van der Waals surface area (Å²) in [5.41, 5.74) is 2.19. The van der Waals surface area contributed by atoms with E-state index in [2.05, 4.69) is 10.6 Å². The highest BCUT2D eigenvalue weighted by Crippen LogP contribution is 2.40. The summed E-state index contributed by atoms with van der Waals surface area (Å²) < 4.78 is 11.0. The first-order valence-corrected chi connectivity index (χ1v) is 9.74. The molecule has 0 saturated heterocycles. The van der Waals surface area contributed by atoms with Crippen molar-refractivity contribution in [2.75, 3.05) is 13.7 Å². The average molecular weight is 402 g/mol. The number of fused-ring (bicyclic) bond motifs is 1. The molecule has 3 aromatic carbocycles. The number of hydrogen-bond acceptors (Lipinski definition) is 4. The van der Waals surface area contributed by atoms with E-state index in [4.69, 9.17) is 9.47 Å². The van der Waals surface area contributed by atoms with E-state index in [9.17, 15) is 9.59 Å². The van der Waals surface area contributed by atoms with Crippen LogP contribution in [0.5, 0.6) is 5.75 Å². The molecule has 0 saturated carbocycles. The first-order valence-electron chi connectivity index (χ1n) is 9.74. The van der Waals surface area contributed by atoms with Gasteiger partial charge in [0.25, 0.3) is 0 Å². The molecule has 0 radical (unpaired) electrons. The van der Waals surface area contributed by atoms with Gasteiger partial charge in [-0.2, -0.15) is 0 Å². The first kappa shape index (κ1) is 19.5. The summed E-state index contributed by atoms with van der Waals surface area (Å²) in [4.78, 5) is 25.7. The summed E-state index contributed by atoms with van der Waals surface area (Å²) in [6.07, 6.45) is 0. The highest BCUT2D eigenvalue weighted by molar-refractivity contribution is 6.06. The number of nitrogens with one attached hydrogen (secondary N) is 2. The van der Waals surface area contributed by atoms with Crippen molar-refractivity contribution in [1.29, 1.82) is 0 Å². The number of carbonyl (C=O) groups excluding carboxylic acids is 2. The van der Waals surface area contributed by atoms with E-state index in [0.717, 1.165) is 16.3 Å². The summed E-state index contributed by atoms with van der Waals surface area (Å²) in [7, 11) is 1.57. The highest BCUT2D eigenvalue weighted by atomic mass is 16.5. The van der Waals surface area contributed by atoms with E-state index in [0.29, 0.717) is 22.6 Å². The van der Waals surface area contributed by atoms with E-state index in [1.807, 2.05) is 66.7 Å². The van der Waals surface area contributed by atoms with Gasteiger partial charge in [-0.05, 0) is 29.3 Å². The molecule has 2 N–H and O–H groups in total. The molecule has 1 heterocycles. The molecular formula is C24H22N2O4. The fourth-order valence-corrected chi connectivity index (χ4v) is 3.79. The van der Waals surface area contributed by atoms with Gasteiger partial charge in [-0.25, -0.2) is 9.59 Å². The van der Waals surface area contributed by atoms with Crippen LogP contribution in [-0.2, 0) is 9.53 Å². The molecule has 4 rings (SSSR count). The summed E-state index contributed by atoms with van der Waals surface area (Å²) in [6, 6.07) is 19.7. The van der Waals surface area contributed by atoms with Crippen LogP contribution in [0, 0.1) is 0 Å². The first-order chi connectivity index (χ1) is 14.6. The van der Waals surface area contributed by atoms with Gasteiger partial charge in [0.15, 0.2) is 0 Å². The minimum Gasteiger partial charge on any atom is -0.496 e. The van der Waals surface area contributed by atoms with E-state index >= 15 is 0 Å². The number of rotatable bonds is 5. The minimum absolute atomic E-state index is 0.220. The second kappa shape index (κ2) is 8.29. The lowest BCUT2D eigenvalue weighted by Gasteiger charge is -2.31. The van der Waals surface area contributed by atoms with Crippen molar-refractivity contribution < 1.29 is 19.1 Å². The van der Waals surface area contributed by atoms with E-state index in [1.165, 1.54) is 0 Å². The lowest BCUT2D eigenvalue weighted by Crippen LogP contribution is -2.45. The molecule has 6 heteroatoms. The lowest BCUT2D eigenvalue weighted by atomic mass is 9.89. The zero-order chi connectivity index (χ0) is 21.1. The van der Waals surface area contributed by atoms with Crippen LogP contribution in [0.25, 0.3) is 16.5 Å². The van der Waals surface area contributed by atoms with Gasteiger partial charge < -0.3 is 20.1 Å². The molecule has 3 aromatic rings. The molecule has 0 fully saturated rings. The zero-order valence-corrected chi connectivity index (χ0v) is 16.8. The van der Waals surface area contributed by atoms with Crippen molar-refractivity contribution in [2.24, 2.45) is 0 Å².